The van der Waals surface area contributed by atoms with Crippen LogP contribution in [0.1, 0.15) is 32.1 Å². The first kappa shape index (κ1) is 14.8. The first-order chi connectivity index (χ1) is 8.64. The van der Waals surface area contributed by atoms with Crippen molar-refractivity contribution in [1.82, 2.24) is 5.32 Å². The van der Waals surface area contributed by atoms with Gasteiger partial charge in [-0.3, -0.25) is 4.79 Å². The molecule has 18 heavy (non-hydrogen) atoms. The summed E-state index contributed by atoms with van der Waals surface area (Å²) in [5, 5.41) is 6.68. The van der Waals surface area contributed by atoms with Gasteiger partial charge in [0.1, 0.15) is 0 Å². The second-order valence-electron chi connectivity index (χ2n) is 4.62. The van der Waals surface area contributed by atoms with Crippen LogP contribution in [0.4, 0.5) is 0 Å². The fourth-order valence-electron chi connectivity index (χ4n) is 2.35. The van der Waals surface area contributed by atoms with E-state index in [4.69, 9.17) is 16.0 Å². The molecule has 0 aromatic rings. The topological polar surface area (TPSA) is 113 Å². The zero-order chi connectivity index (χ0) is 13.4. The van der Waals surface area contributed by atoms with Crippen molar-refractivity contribution >= 4 is 5.91 Å². The van der Waals surface area contributed by atoms with Crippen LogP contribution in [-0.2, 0) is 9.53 Å². The summed E-state index contributed by atoms with van der Waals surface area (Å²) in [6.45, 7) is 1.05. The van der Waals surface area contributed by atoms with Gasteiger partial charge < -0.3 is 15.8 Å². The highest BCUT2D eigenvalue weighted by atomic mass is 16.5. The zero-order valence-electron chi connectivity index (χ0n) is 10.8. The Hall–Kier alpha value is -1.30. The van der Waals surface area contributed by atoms with Gasteiger partial charge in [0.15, 0.2) is 0 Å². The number of nitrogens with zero attached hydrogens (tertiary/aromatic N) is 3. The SMILES string of the molecule is COC1CCC(NCCCN=[N+]=[N-])(C(N)=O)CC1. The first-order valence-electron chi connectivity index (χ1n) is 6.23. The largest absolute Gasteiger partial charge is 0.381 e. The van der Waals surface area contributed by atoms with Crippen LogP contribution < -0.4 is 11.1 Å². The maximum absolute atomic E-state index is 11.6. The second-order valence-corrected chi connectivity index (χ2v) is 4.62. The van der Waals surface area contributed by atoms with Gasteiger partial charge in [0.05, 0.1) is 11.6 Å². The quantitative estimate of drug-likeness (QED) is 0.307. The summed E-state index contributed by atoms with van der Waals surface area (Å²) in [6.07, 6.45) is 3.99. The predicted octanol–water partition coefficient (Wildman–Crippen LogP) is 1.09. The van der Waals surface area contributed by atoms with E-state index >= 15 is 0 Å². The number of azide groups is 1. The molecule has 1 amide bonds. The summed E-state index contributed by atoms with van der Waals surface area (Å²) in [7, 11) is 1.69. The lowest BCUT2D eigenvalue weighted by Gasteiger charge is -2.38. The number of hydrogen-bond acceptors (Lipinski definition) is 4. The molecular weight excluding hydrogens is 234 g/mol. The van der Waals surface area contributed by atoms with Crippen molar-refractivity contribution in [2.24, 2.45) is 10.8 Å². The molecule has 0 unspecified atom stereocenters. The van der Waals surface area contributed by atoms with Crippen LogP contribution in [-0.4, -0.2) is 37.7 Å². The molecule has 0 radical (unpaired) electrons. The Bertz CT molecular complexity index is 319. The molecule has 1 aliphatic carbocycles. The van der Waals surface area contributed by atoms with Gasteiger partial charge >= 0.3 is 0 Å². The van der Waals surface area contributed by atoms with Gasteiger partial charge in [0.2, 0.25) is 5.91 Å². The van der Waals surface area contributed by atoms with E-state index < -0.39 is 5.54 Å². The van der Waals surface area contributed by atoms with Crippen molar-refractivity contribution in [2.75, 3.05) is 20.2 Å². The van der Waals surface area contributed by atoms with Gasteiger partial charge in [0.25, 0.3) is 0 Å². The van der Waals surface area contributed by atoms with E-state index in [1.54, 1.807) is 7.11 Å². The maximum atomic E-state index is 11.6. The van der Waals surface area contributed by atoms with Crippen LogP contribution in [0.5, 0.6) is 0 Å². The van der Waals surface area contributed by atoms with E-state index in [-0.39, 0.29) is 12.0 Å². The number of nitrogens with one attached hydrogen (secondary N) is 1. The molecule has 1 fully saturated rings. The molecule has 0 saturated heterocycles. The molecule has 102 valence electrons. The maximum Gasteiger partial charge on any atom is 0.237 e. The molecule has 0 atom stereocenters. The van der Waals surface area contributed by atoms with Crippen molar-refractivity contribution in [1.29, 1.82) is 0 Å². The van der Waals surface area contributed by atoms with E-state index in [0.29, 0.717) is 32.4 Å². The van der Waals surface area contributed by atoms with Crippen LogP contribution in [0.25, 0.3) is 10.4 Å². The summed E-state index contributed by atoms with van der Waals surface area (Å²) in [5.74, 6) is -0.305. The number of nitrogens with two attached hydrogens (primary N) is 1. The Morgan fingerprint density at radius 3 is 2.78 bits per heavy atom. The smallest absolute Gasteiger partial charge is 0.237 e. The minimum atomic E-state index is -0.620. The molecule has 0 bridgehead atoms. The van der Waals surface area contributed by atoms with Crippen molar-refractivity contribution in [2.45, 2.75) is 43.7 Å². The van der Waals surface area contributed by atoms with E-state index in [1.807, 2.05) is 0 Å². The Balaban J connectivity index is 2.44. The highest BCUT2D eigenvalue weighted by molar-refractivity contribution is 5.84. The van der Waals surface area contributed by atoms with Gasteiger partial charge in [-0.05, 0) is 44.2 Å². The molecule has 1 rings (SSSR count). The third-order valence-corrected chi connectivity index (χ3v) is 3.55. The molecule has 0 spiro atoms. The molecule has 1 saturated carbocycles. The lowest BCUT2D eigenvalue weighted by Crippen LogP contribution is -2.58. The molecule has 7 nitrogen and oxygen atoms in total. The highest BCUT2D eigenvalue weighted by Crippen LogP contribution is 2.29. The van der Waals surface area contributed by atoms with Crippen molar-refractivity contribution in [3.05, 3.63) is 10.4 Å². The molecular formula is C11H21N5O2. The molecule has 0 aromatic carbocycles. The monoisotopic (exact) mass is 255 g/mol. The third kappa shape index (κ3) is 3.87. The molecule has 1 aliphatic rings. The Labute approximate surface area is 107 Å². The molecule has 0 aromatic heterocycles. The molecule has 0 aliphatic heterocycles. The minimum absolute atomic E-state index is 0.225. The minimum Gasteiger partial charge on any atom is -0.381 e. The second kappa shape index (κ2) is 7.20. The number of ether oxygens (including phenoxy) is 1. The summed E-state index contributed by atoms with van der Waals surface area (Å²) >= 11 is 0. The lowest BCUT2D eigenvalue weighted by molar-refractivity contribution is -0.126. The van der Waals surface area contributed by atoms with Gasteiger partial charge in [-0.25, -0.2) is 0 Å². The number of hydrogen-bond donors (Lipinski definition) is 2. The lowest BCUT2D eigenvalue weighted by atomic mass is 9.79. The normalized spacial score (nSPS) is 27.5. The van der Waals surface area contributed by atoms with Gasteiger partial charge in [-0.15, -0.1) is 0 Å². The van der Waals surface area contributed by atoms with Gasteiger partial charge in [-0.1, -0.05) is 5.11 Å². The number of amides is 1. The molecule has 0 heterocycles. The Morgan fingerprint density at radius 2 is 2.28 bits per heavy atom. The van der Waals surface area contributed by atoms with Crippen LogP contribution >= 0.6 is 0 Å². The van der Waals surface area contributed by atoms with Crippen LogP contribution in [0, 0.1) is 0 Å². The van der Waals surface area contributed by atoms with Crippen molar-refractivity contribution in [3.63, 3.8) is 0 Å². The molecule has 7 heteroatoms. The van der Waals surface area contributed by atoms with E-state index in [0.717, 1.165) is 12.8 Å². The van der Waals surface area contributed by atoms with Crippen molar-refractivity contribution in [3.8, 4) is 0 Å². The zero-order valence-corrected chi connectivity index (χ0v) is 10.8. The van der Waals surface area contributed by atoms with E-state index in [1.165, 1.54) is 0 Å². The van der Waals surface area contributed by atoms with Crippen molar-refractivity contribution < 1.29 is 9.53 Å². The number of primary amides is 1. The van der Waals surface area contributed by atoms with Crippen LogP contribution in [0.3, 0.4) is 0 Å². The fraction of sp³-hybridized carbons (Fsp3) is 0.909. The first-order valence-corrected chi connectivity index (χ1v) is 6.23. The molecule has 3 N–H and O–H groups in total. The Kier molecular flexibility index (Phi) is 5.91. The van der Waals surface area contributed by atoms with Crippen LogP contribution in [0.2, 0.25) is 0 Å². The Morgan fingerprint density at radius 1 is 1.61 bits per heavy atom. The van der Waals surface area contributed by atoms with E-state index in [2.05, 4.69) is 15.3 Å². The van der Waals surface area contributed by atoms with Crippen LogP contribution in [0.15, 0.2) is 5.11 Å². The predicted molar refractivity (Wildman–Crippen MR) is 67.8 cm³/mol. The van der Waals surface area contributed by atoms with Gasteiger partial charge in [-0.2, -0.15) is 0 Å². The number of methoxy groups -OCH3 is 1. The van der Waals surface area contributed by atoms with Gasteiger partial charge in [0, 0.05) is 18.6 Å². The standard InChI is InChI=1S/C11H21N5O2/c1-18-9-3-5-11(6-4-9,10(12)17)14-7-2-8-15-16-13/h9,14H,2-8H2,1H3,(H2,12,17). The third-order valence-electron chi connectivity index (χ3n) is 3.55. The summed E-state index contributed by atoms with van der Waals surface area (Å²) in [6, 6.07) is 0. The number of carbonyl (C=O) groups excluding carboxylic acids is 1. The number of rotatable bonds is 7. The number of carbonyl (C=O) groups is 1. The highest BCUT2D eigenvalue weighted by Gasteiger charge is 2.39. The fourth-order valence-corrected chi connectivity index (χ4v) is 2.35. The van der Waals surface area contributed by atoms with E-state index in [9.17, 15) is 4.79 Å². The average molecular weight is 255 g/mol. The summed E-state index contributed by atoms with van der Waals surface area (Å²) in [4.78, 5) is 14.3. The average Bonchev–Trinajstić information content (AvgIpc) is 2.39. The summed E-state index contributed by atoms with van der Waals surface area (Å²) in [5.41, 5.74) is 13.0. The summed E-state index contributed by atoms with van der Waals surface area (Å²) < 4.78 is 5.29.